The van der Waals surface area contributed by atoms with Gasteiger partial charge in [-0.2, -0.15) is 0 Å². The maximum atomic E-state index is 12.5. The Hall–Kier alpha value is -1.78. The van der Waals surface area contributed by atoms with Crippen molar-refractivity contribution in [1.29, 1.82) is 0 Å². The molecule has 0 saturated heterocycles. The molecule has 1 aromatic heterocycles. The highest BCUT2D eigenvalue weighted by Gasteiger charge is 2.25. The van der Waals surface area contributed by atoms with E-state index >= 15 is 0 Å². The number of aliphatic hydroxyl groups is 1. The minimum atomic E-state index is -0.911. The molecule has 0 aliphatic heterocycles. The van der Waals surface area contributed by atoms with Crippen LogP contribution in [0, 0.1) is 10.6 Å². The van der Waals surface area contributed by atoms with Gasteiger partial charge in [0.15, 0.2) is 5.78 Å². The molecule has 2 rings (SSSR count). The number of pyridine rings is 1. The molecule has 0 aliphatic carbocycles. The van der Waals surface area contributed by atoms with Crippen LogP contribution in [0.15, 0.2) is 48.7 Å². The van der Waals surface area contributed by atoms with Crippen molar-refractivity contribution in [3.8, 4) is 0 Å². The zero-order chi connectivity index (χ0) is 16.3. The third-order valence-electron chi connectivity index (χ3n) is 3.82. The van der Waals surface area contributed by atoms with Crippen molar-refractivity contribution in [3.63, 3.8) is 0 Å². The lowest BCUT2D eigenvalue weighted by Gasteiger charge is -2.21. The van der Waals surface area contributed by atoms with E-state index in [1.807, 2.05) is 48.9 Å². The van der Waals surface area contributed by atoms with E-state index in [-0.39, 0.29) is 11.8 Å². The van der Waals surface area contributed by atoms with Crippen LogP contribution in [0.5, 0.6) is 0 Å². The summed E-state index contributed by atoms with van der Waals surface area (Å²) in [5.41, 5.74) is 1.23. The van der Waals surface area contributed by atoms with Crippen molar-refractivity contribution in [1.82, 2.24) is 4.57 Å². The van der Waals surface area contributed by atoms with Gasteiger partial charge in [-0.1, -0.05) is 55.5 Å². The molecule has 2 unspecified atom stereocenters. The van der Waals surface area contributed by atoms with Crippen LogP contribution in [0.2, 0.25) is 0 Å². The molecule has 2 atom stereocenters. The molecule has 116 valence electrons. The van der Waals surface area contributed by atoms with Gasteiger partial charge in [0.2, 0.25) is 0 Å². The minimum Gasteiger partial charge on any atom is -0.388 e. The number of benzene rings is 1. The van der Waals surface area contributed by atoms with E-state index in [2.05, 4.69) is 0 Å². The Balaban J connectivity index is 2.32. The summed E-state index contributed by atoms with van der Waals surface area (Å²) in [6.07, 6.45) is 0.985. The number of nitrogens with zero attached hydrogens (tertiary/aromatic N) is 1. The molecule has 4 heteroatoms. The lowest BCUT2D eigenvalue weighted by atomic mass is 9.91. The summed E-state index contributed by atoms with van der Waals surface area (Å²) in [5.74, 6) is -0.630. The number of carbonyl (C=O) groups is 1. The molecule has 1 N–H and O–H groups in total. The molecule has 0 amide bonds. The molecular weight excluding hydrogens is 294 g/mol. The number of hydrogen-bond donors (Lipinski definition) is 1. The van der Waals surface area contributed by atoms with E-state index in [4.69, 9.17) is 12.2 Å². The Bertz CT molecular complexity index is 707. The fraction of sp³-hybridized carbons (Fsp3) is 0.333. The zero-order valence-electron chi connectivity index (χ0n) is 13.1. The molecule has 2 aromatic rings. The molecule has 0 fully saturated rings. The van der Waals surface area contributed by atoms with Gasteiger partial charge in [0.25, 0.3) is 0 Å². The quantitative estimate of drug-likeness (QED) is 0.659. The summed E-state index contributed by atoms with van der Waals surface area (Å²) in [7, 11) is 0. The summed E-state index contributed by atoms with van der Waals surface area (Å²) in [6, 6.07) is 12.9. The summed E-state index contributed by atoms with van der Waals surface area (Å²) in [6.45, 7) is 5.80. The van der Waals surface area contributed by atoms with Gasteiger partial charge in [0.1, 0.15) is 4.64 Å². The van der Waals surface area contributed by atoms with E-state index in [0.29, 0.717) is 15.8 Å². The highest BCUT2D eigenvalue weighted by atomic mass is 32.1. The average Bonchev–Trinajstić information content (AvgIpc) is 2.53. The normalized spacial score (nSPS) is 13.9. The maximum absolute atomic E-state index is 12.5. The molecule has 0 radical (unpaired) electrons. The predicted octanol–water partition coefficient (Wildman–Crippen LogP) is 4.35. The maximum Gasteiger partial charge on any atom is 0.168 e. The Morgan fingerprint density at radius 2 is 1.73 bits per heavy atom. The van der Waals surface area contributed by atoms with Gasteiger partial charge in [0, 0.05) is 29.3 Å². The number of hydrogen-bond acceptors (Lipinski definition) is 3. The van der Waals surface area contributed by atoms with Crippen LogP contribution in [-0.2, 0) is 0 Å². The Kier molecular flexibility index (Phi) is 5.27. The second-order valence-electron chi connectivity index (χ2n) is 5.73. The van der Waals surface area contributed by atoms with E-state index in [9.17, 15) is 9.90 Å². The van der Waals surface area contributed by atoms with Crippen molar-refractivity contribution in [2.24, 2.45) is 5.92 Å². The van der Waals surface area contributed by atoms with Crippen LogP contribution in [0.3, 0.4) is 0 Å². The van der Waals surface area contributed by atoms with Gasteiger partial charge in [-0.3, -0.25) is 4.79 Å². The lowest BCUT2D eigenvalue weighted by molar-refractivity contribution is 0.0710. The molecule has 1 aromatic carbocycles. The van der Waals surface area contributed by atoms with Crippen LogP contribution < -0.4 is 0 Å². The SMILES string of the molecule is CC(C(=O)c1ccccc1)C(O)c1cccn(C(C)C)c1=S. The molecule has 0 spiro atoms. The standard InChI is InChI=1S/C18H21NO2S/c1-12(2)19-11-7-10-15(18(19)22)17(21)13(3)16(20)14-8-5-4-6-9-14/h4-13,17,21H,1-3H3. The first kappa shape index (κ1) is 16.6. The van der Waals surface area contributed by atoms with E-state index < -0.39 is 12.0 Å². The Morgan fingerprint density at radius 3 is 2.32 bits per heavy atom. The van der Waals surface area contributed by atoms with Crippen LogP contribution in [0.1, 0.15) is 48.8 Å². The third-order valence-corrected chi connectivity index (χ3v) is 4.27. The number of ketones is 1. The van der Waals surface area contributed by atoms with Gasteiger partial charge < -0.3 is 9.67 Å². The molecule has 1 heterocycles. The summed E-state index contributed by atoms with van der Waals surface area (Å²) >= 11 is 5.46. The van der Waals surface area contributed by atoms with Crippen LogP contribution in [0.4, 0.5) is 0 Å². The van der Waals surface area contributed by atoms with E-state index in [1.165, 1.54) is 0 Å². The first-order valence-electron chi connectivity index (χ1n) is 7.42. The first-order valence-corrected chi connectivity index (χ1v) is 7.82. The molecule has 0 saturated carbocycles. The Morgan fingerprint density at radius 1 is 1.09 bits per heavy atom. The van der Waals surface area contributed by atoms with Crippen molar-refractivity contribution in [2.45, 2.75) is 32.9 Å². The average molecular weight is 315 g/mol. The van der Waals surface area contributed by atoms with Gasteiger partial charge in [-0.25, -0.2) is 0 Å². The number of Topliss-reactive ketones (excluding diaryl/α,β-unsaturated/α-hetero) is 1. The second kappa shape index (κ2) is 6.99. The topological polar surface area (TPSA) is 42.2 Å². The summed E-state index contributed by atoms with van der Waals surface area (Å²) < 4.78 is 2.51. The van der Waals surface area contributed by atoms with Crippen LogP contribution in [-0.4, -0.2) is 15.5 Å². The van der Waals surface area contributed by atoms with Crippen molar-refractivity contribution >= 4 is 18.0 Å². The monoisotopic (exact) mass is 315 g/mol. The van der Waals surface area contributed by atoms with Crippen molar-refractivity contribution in [2.75, 3.05) is 0 Å². The van der Waals surface area contributed by atoms with Crippen molar-refractivity contribution in [3.05, 3.63) is 64.4 Å². The third kappa shape index (κ3) is 3.34. The molecule has 3 nitrogen and oxygen atoms in total. The van der Waals surface area contributed by atoms with E-state index in [1.54, 1.807) is 25.1 Å². The molecular formula is C18H21NO2S. The summed E-state index contributed by atoms with van der Waals surface area (Å²) in [5, 5.41) is 10.6. The molecule has 0 aliphatic rings. The second-order valence-corrected chi connectivity index (χ2v) is 6.12. The highest BCUT2D eigenvalue weighted by Crippen LogP contribution is 2.26. The highest BCUT2D eigenvalue weighted by molar-refractivity contribution is 7.71. The number of rotatable bonds is 5. The van der Waals surface area contributed by atoms with Crippen LogP contribution in [0.25, 0.3) is 0 Å². The minimum absolute atomic E-state index is 0.0811. The predicted molar refractivity (Wildman–Crippen MR) is 90.5 cm³/mol. The first-order chi connectivity index (χ1) is 10.4. The van der Waals surface area contributed by atoms with Crippen LogP contribution >= 0.6 is 12.2 Å². The van der Waals surface area contributed by atoms with Gasteiger partial charge in [0.05, 0.1) is 6.10 Å². The summed E-state index contributed by atoms with van der Waals surface area (Å²) in [4.78, 5) is 12.5. The van der Waals surface area contributed by atoms with Crippen molar-refractivity contribution < 1.29 is 9.90 Å². The fourth-order valence-corrected chi connectivity index (χ4v) is 2.90. The molecule has 22 heavy (non-hydrogen) atoms. The van der Waals surface area contributed by atoms with Gasteiger partial charge in [-0.15, -0.1) is 0 Å². The van der Waals surface area contributed by atoms with Gasteiger partial charge in [-0.05, 0) is 19.9 Å². The zero-order valence-corrected chi connectivity index (χ0v) is 13.9. The smallest absolute Gasteiger partial charge is 0.168 e. The van der Waals surface area contributed by atoms with E-state index in [0.717, 1.165) is 0 Å². The Labute approximate surface area is 136 Å². The number of carbonyl (C=O) groups excluding carboxylic acids is 1. The fourth-order valence-electron chi connectivity index (χ4n) is 2.44. The number of aliphatic hydroxyl groups excluding tert-OH is 1. The largest absolute Gasteiger partial charge is 0.388 e. The number of aromatic nitrogens is 1. The lowest BCUT2D eigenvalue weighted by Crippen LogP contribution is -2.21. The van der Waals surface area contributed by atoms with Gasteiger partial charge >= 0.3 is 0 Å². The molecule has 0 bridgehead atoms.